The molecule has 0 unspecified atom stereocenters. The fraction of sp³-hybridized carbons (Fsp3) is 0.385. The maximum absolute atomic E-state index is 11.6. The number of anilines is 2. The zero-order valence-corrected chi connectivity index (χ0v) is 12.3. The van der Waals surface area contributed by atoms with Crippen molar-refractivity contribution in [2.45, 2.75) is 20.0 Å². The monoisotopic (exact) mass is 290 g/mol. The number of aryl methyl sites for hydroxylation is 1. The summed E-state index contributed by atoms with van der Waals surface area (Å²) >= 11 is 0. The van der Waals surface area contributed by atoms with Crippen LogP contribution in [0.2, 0.25) is 0 Å². The summed E-state index contributed by atoms with van der Waals surface area (Å²) in [4.78, 5) is 25.9. The summed E-state index contributed by atoms with van der Waals surface area (Å²) in [5.41, 5.74) is 5.84. The molecule has 0 aliphatic carbocycles. The van der Waals surface area contributed by atoms with Crippen LogP contribution in [0.4, 0.5) is 11.8 Å². The smallest absolute Gasteiger partial charge is 0.356 e. The number of esters is 1. The Kier molecular flexibility index (Phi) is 4.36. The van der Waals surface area contributed by atoms with Crippen LogP contribution in [0.5, 0.6) is 0 Å². The second-order valence-corrected chi connectivity index (χ2v) is 4.46. The first-order valence-corrected chi connectivity index (χ1v) is 6.49. The van der Waals surface area contributed by atoms with Crippen LogP contribution in [-0.4, -0.2) is 39.6 Å². The van der Waals surface area contributed by atoms with Crippen molar-refractivity contribution in [2.24, 2.45) is 0 Å². The summed E-state index contributed by atoms with van der Waals surface area (Å²) < 4.78 is 6.67. The summed E-state index contributed by atoms with van der Waals surface area (Å²) in [5.74, 6) is 0.895. The lowest BCUT2D eigenvalue weighted by molar-refractivity contribution is 0.0594. The lowest BCUT2D eigenvalue weighted by Gasteiger charge is -2.18. The van der Waals surface area contributed by atoms with E-state index in [0.29, 0.717) is 12.5 Å². The van der Waals surface area contributed by atoms with Gasteiger partial charge in [-0.1, -0.05) is 0 Å². The number of nitrogens with zero attached hydrogens (tertiary/aromatic N) is 5. The predicted molar refractivity (Wildman–Crippen MR) is 77.8 cm³/mol. The van der Waals surface area contributed by atoms with Crippen LogP contribution in [0.15, 0.2) is 18.5 Å². The van der Waals surface area contributed by atoms with Gasteiger partial charge in [0.05, 0.1) is 13.7 Å². The van der Waals surface area contributed by atoms with E-state index >= 15 is 0 Å². The molecular weight excluding hydrogens is 272 g/mol. The average Bonchev–Trinajstić information content (AvgIpc) is 2.92. The molecule has 8 nitrogen and oxygen atoms in total. The highest BCUT2D eigenvalue weighted by Crippen LogP contribution is 2.13. The zero-order valence-electron chi connectivity index (χ0n) is 12.3. The Bertz CT molecular complexity index is 639. The van der Waals surface area contributed by atoms with E-state index in [9.17, 15) is 4.79 Å². The number of nitrogen functional groups attached to an aromatic ring is 1. The van der Waals surface area contributed by atoms with Gasteiger partial charge in [0.15, 0.2) is 5.69 Å². The van der Waals surface area contributed by atoms with E-state index in [0.717, 1.165) is 12.4 Å². The van der Waals surface area contributed by atoms with E-state index in [-0.39, 0.29) is 11.5 Å². The summed E-state index contributed by atoms with van der Waals surface area (Å²) in [6.07, 6.45) is 3.65. The van der Waals surface area contributed by atoms with Crippen LogP contribution in [0.3, 0.4) is 0 Å². The number of carbonyl (C=O) groups excluding carboxylic acids is 1. The normalized spacial score (nSPS) is 10.4. The minimum Gasteiger partial charge on any atom is -0.464 e. The Hall–Kier alpha value is -2.64. The molecule has 8 heteroatoms. The van der Waals surface area contributed by atoms with Crippen molar-refractivity contribution in [3.8, 4) is 0 Å². The molecule has 2 heterocycles. The number of methoxy groups -OCH3 is 1. The van der Waals surface area contributed by atoms with Crippen LogP contribution in [0.1, 0.15) is 23.2 Å². The minimum absolute atomic E-state index is 0.130. The van der Waals surface area contributed by atoms with Crippen LogP contribution in [0.25, 0.3) is 0 Å². The average molecular weight is 290 g/mol. The summed E-state index contributed by atoms with van der Waals surface area (Å²) in [7, 11) is 3.10. The Morgan fingerprint density at radius 1 is 1.48 bits per heavy atom. The van der Waals surface area contributed by atoms with Gasteiger partial charge in [-0.05, 0) is 6.92 Å². The van der Waals surface area contributed by atoms with Crippen molar-refractivity contribution in [3.63, 3.8) is 0 Å². The number of imidazole rings is 1. The first-order chi connectivity index (χ1) is 10.0. The van der Waals surface area contributed by atoms with E-state index in [4.69, 9.17) is 5.73 Å². The SMILES string of the molecule is CCn1ccnc1CN(C)c1nc(N)cc(C(=O)OC)n1. The predicted octanol–water partition coefficient (Wildman–Crippen LogP) is 0.698. The molecule has 0 atom stereocenters. The Labute approximate surface area is 122 Å². The van der Waals surface area contributed by atoms with Crippen molar-refractivity contribution in [2.75, 3.05) is 24.8 Å². The van der Waals surface area contributed by atoms with Gasteiger partial charge in [0.1, 0.15) is 11.6 Å². The third kappa shape index (κ3) is 3.28. The van der Waals surface area contributed by atoms with Crippen LogP contribution in [0, 0.1) is 0 Å². The van der Waals surface area contributed by atoms with Crippen molar-refractivity contribution in [3.05, 3.63) is 30.0 Å². The Morgan fingerprint density at radius 2 is 2.24 bits per heavy atom. The van der Waals surface area contributed by atoms with Gasteiger partial charge < -0.3 is 19.9 Å². The lowest BCUT2D eigenvalue weighted by atomic mass is 10.4. The first-order valence-electron chi connectivity index (χ1n) is 6.49. The Balaban J connectivity index is 2.24. The molecule has 112 valence electrons. The van der Waals surface area contributed by atoms with Crippen molar-refractivity contribution < 1.29 is 9.53 Å². The molecule has 2 N–H and O–H groups in total. The summed E-state index contributed by atoms with van der Waals surface area (Å²) in [5, 5.41) is 0. The summed E-state index contributed by atoms with van der Waals surface area (Å²) in [6, 6.07) is 1.39. The lowest BCUT2D eigenvalue weighted by Crippen LogP contribution is -2.23. The first kappa shape index (κ1) is 14.8. The molecule has 2 rings (SSSR count). The minimum atomic E-state index is -0.547. The van der Waals surface area contributed by atoms with Crippen LogP contribution < -0.4 is 10.6 Å². The van der Waals surface area contributed by atoms with Crippen LogP contribution >= 0.6 is 0 Å². The molecule has 0 saturated heterocycles. The van der Waals surface area contributed by atoms with Crippen LogP contribution in [-0.2, 0) is 17.8 Å². The fourth-order valence-corrected chi connectivity index (χ4v) is 1.90. The van der Waals surface area contributed by atoms with Gasteiger partial charge in [-0.3, -0.25) is 0 Å². The third-order valence-electron chi connectivity index (χ3n) is 2.99. The molecule has 0 aromatic carbocycles. The standard InChI is InChI=1S/C13H18N6O2/c1-4-19-6-5-15-11(19)8-18(2)13-16-9(12(20)21-3)7-10(14)17-13/h5-7H,4,8H2,1-3H3,(H2,14,16,17). The molecule has 2 aromatic heterocycles. The number of carbonyl (C=O) groups is 1. The van der Waals surface area contributed by atoms with Gasteiger partial charge in [-0.2, -0.15) is 4.98 Å². The Morgan fingerprint density at radius 3 is 2.90 bits per heavy atom. The van der Waals surface area contributed by atoms with Gasteiger partial charge in [-0.15, -0.1) is 0 Å². The van der Waals surface area contributed by atoms with Crippen molar-refractivity contribution in [1.82, 2.24) is 19.5 Å². The molecule has 0 fully saturated rings. The number of hydrogen-bond acceptors (Lipinski definition) is 7. The van der Waals surface area contributed by atoms with E-state index in [2.05, 4.69) is 19.7 Å². The molecule has 0 saturated carbocycles. The topological polar surface area (TPSA) is 99.2 Å². The molecule has 0 bridgehead atoms. The maximum atomic E-state index is 11.6. The number of aromatic nitrogens is 4. The molecule has 2 aromatic rings. The van der Waals surface area contributed by atoms with Gasteiger partial charge in [0.2, 0.25) is 5.95 Å². The van der Waals surface area contributed by atoms with E-state index < -0.39 is 5.97 Å². The highest BCUT2D eigenvalue weighted by Gasteiger charge is 2.15. The second-order valence-electron chi connectivity index (χ2n) is 4.46. The number of ether oxygens (including phenoxy) is 1. The number of rotatable bonds is 5. The van der Waals surface area contributed by atoms with E-state index in [1.54, 1.807) is 11.1 Å². The third-order valence-corrected chi connectivity index (χ3v) is 2.99. The van der Waals surface area contributed by atoms with Crippen molar-refractivity contribution >= 4 is 17.7 Å². The highest BCUT2D eigenvalue weighted by atomic mass is 16.5. The highest BCUT2D eigenvalue weighted by molar-refractivity contribution is 5.88. The van der Waals surface area contributed by atoms with E-state index in [1.165, 1.54) is 13.2 Å². The van der Waals surface area contributed by atoms with Crippen molar-refractivity contribution in [1.29, 1.82) is 0 Å². The van der Waals surface area contributed by atoms with E-state index in [1.807, 2.05) is 24.7 Å². The molecule has 0 aliphatic rings. The zero-order chi connectivity index (χ0) is 15.4. The molecular formula is C13H18N6O2. The molecule has 0 aliphatic heterocycles. The van der Waals surface area contributed by atoms with Gasteiger partial charge in [-0.25, -0.2) is 14.8 Å². The molecule has 21 heavy (non-hydrogen) atoms. The maximum Gasteiger partial charge on any atom is 0.356 e. The number of nitrogens with two attached hydrogens (primary N) is 1. The largest absolute Gasteiger partial charge is 0.464 e. The number of hydrogen-bond donors (Lipinski definition) is 1. The summed E-state index contributed by atoms with van der Waals surface area (Å²) in [6.45, 7) is 3.37. The molecule has 0 radical (unpaired) electrons. The molecule has 0 spiro atoms. The second kappa shape index (κ2) is 6.21. The van der Waals surface area contributed by atoms with Gasteiger partial charge in [0.25, 0.3) is 0 Å². The quantitative estimate of drug-likeness (QED) is 0.809. The fourth-order valence-electron chi connectivity index (χ4n) is 1.90. The van der Waals surface area contributed by atoms with Gasteiger partial charge in [0, 0.05) is 32.1 Å². The van der Waals surface area contributed by atoms with Gasteiger partial charge >= 0.3 is 5.97 Å². The molecule has 0 amide bonds.